The van der Waals surface area contributed by atoms with Crippen LogP contribution in [0.2, 0.25) is 5.02 Å². The van der Waals surface area contributed by atoms with Gasteiger partial charge in [-0.05, 0) is 36.8 Å². The summed E-state index contributed by atoms with van der Waals surface area (Å²) in [5.74, 6) is 0.745. The molecule has 9 heteroatoms. The van der Waals surface area contributed by atoms with E-state index >= 15 is 0 Å². The Kier molecular flexibility index (Phi) is 7.09. The van der Waals surface area contributed by atoms with Gasteiger partial charge in [-0.25, -0.2) is 4.39 Å². The van der Waals surface area contributed by atoms with Crippen LogP contribution in [0.15, 0.2) is 51.1 Å². The highest BCUT2D eigenvalue weighted by Crippen LogP contribution is 2.28. The van der Waals surface area contributed by atoms with Gasteiger partial charge >= 0.3 is 0 Å². The molecule has 0 aliphatic heterocycles. The number of halogens is 3. The van der Waals surface area contributed by atoms with Crippen molar-refractivity contribution in [2.45, 2.75) is 30.7 Å². The molecule has 0 atom stereocenters. The van der Waals surface area contributed by atoms with Gasteiger partial charge in [0.15, 0.2) is 5.82 Å². The maximum Gasteiger partial charge on any atom is 0.212 e. The van der Waals surface area contributed by atoms with Gasteiger partial charge in [-0.2, -0.15) is 9.78 Å². The van der Waals surface area contributed by atoms with Crippen LogP contribution in [-0.4, -0.2) is 26.2 Å². The SMILES string of the molecule is CCCc1nnc(SCc2c(F)cccc2Cl)n1N=Cc1cc(Br)ccc1O. The van der Waals surface area contributed by atoms with Gasteiger partial charge in [0.05, 0.1) is 6.21 Å². The van der Waals surface area contributed by atoms with E-state index in [0.717, 1.165) is 10.9 Å². The fourth-order valence-electron chi connectivity index (χ4n) is 2.44. The quantitative estimate of drug-likeness (QED) is 0.348. The van der Waals surface area contributed by atoms with Gasteiger partial charge in [0, 0.05) is 32.8 Å². The van der Waals surface area contributed by atoms with Crippen LogP contribution in [0.4, 0.5) is 4.39 Å². The first-order valence-electron chi connectivity index (χ1n) is 8.52. The van der Waals surface area contributed by atoms with Crippen molar-refractivity contribution in [2.24, 2.45) is 5.10 Å². The van der Waals surface area contributed by atoms with E-state index in [0.29, 0.717) is 39.3 Å². The van der Waals surface area contributed by atoms with Gasteiger partial charge in [0.1, 0.15) is 11.6 Å². The summed E-state index contributed by atoms with van der Waals surface area (Å²) in [6, 6.07) is 9.69. The van der Waals surface area contributed by atoms with Crippen LogP contribution in [0, 0.1) is 5.82 Å². The molecule has 0 aliphatic carbocycles. The third-order valence-corrected chi connectivity index (χ3v) is 5.65. The Balaban J connectivity index is 1.88. The maximum atomic E-state index is 14.0. The lowest BCUT2D eigenvalue weighted by Gasteiger charge is -2.06. The van der Waals surface area contributed by atoms with Crippen molar-refractivity contribution in [3.8, 4) is 5.75 Å². The second-order valence-corrected chi connectivity index (χ2v) is 8.16. The monoisotopic (exact) mass is 482 g/mol. The summed E-state index contributed by atoms with van der Waals surface area (Å²) in [4.78, 5) is 0. The molecule has 3 aromatic rings. The van der Waals surface area contributed by atoms with Gasteiger partial charge in [-0.3, -0.25) is 0 Å². The van der Waals surface area contributed by atoms with Crippen molar-refractivity contribution in [3.63, 3.8) is 0 Å². The number of rotatable bonds is 7. The minimum atomic E-state index is -0.359. The molecule has 1 N–H and O–H groups in total. The first kappa shape index (κ1) is 20.8. The number of aryl methyl sites for hydroxylation is 1. The molecule has 1 heterocycles. The minimum Gasteiger partial charge on any atom is -0.507 e. The molecule has 0 unspecified atom stereocenters. The average Bonchev–Trinajstić information content (AvgIpc) is 3.04. The summed E-state index contributed by atoms with van der Waals surface area (Å²) < 4.78 is 16.5. The van der Waals surface area contributed by atoms with Crippen molar-refractivity contribution in [1.29, 1.82) is 0 Å². The Morgan fingerprint density at radius 3 is 2.89 bits per heavy atom. The number of benzene rings is 2. The zero-order valence-electron chi connectivity index (χ0n) is 14.9. The highest BCUT2D eigenvalue weighted by molar-refractivity contribution is 9.10. The highest BCUT2D eigenvalue weighted by atomic mass is 79.9. The molecule has 5 nitrogen and oxygen atoms in total. The molecule has 0 saturated heterocycles. The Bertz CT molecular complexity index is 991. The molecule has 0 aliphatic rings. The number of phenolic OH excluding ortho intramolecular Hbond substituents is 1. The summed E-state index contributed by atoms with van der Waals surface area (Å²) >= 11 is 10.8. The molecular weight excluding hydrogens is 467 g/mol. The smallest absolute Gasteiger partial charge is 0.212 e. The summed E-state index contributed by atoms with van der Waals surface area (Å²) in [5, 5.41) is 23.7. The van der Waals surface area contributed by atoms with E-state index in [1.807, 2.05) is 6.92 Å². The summed E-state index contributed by atoms with van der Waals surface area (Å²) in [6.45, 7) is 2.04. The number of thioether (sulfide) groups is 1. The molecule has 146 valence electrons. The van der Waals surface area contributed by atoms with Crippen molar-refractivity contribution < 1.29 is 9.50 Å². The topological polar surface area (TPSA) is 63.3 Å². The van der Waals surface area contributed by atoms with E-state index in [2.05, 4.69) is 31.2 Å². The summed E-state index contributed by atoms with van der Waals surface area (Å²) in [5.41, 5.74) is 0.966. The zero-order chi connectivity index (χ0) is 20.1. The van der Waals surface area contributed by atoms with Crippen LogP contribution in [0.25, 0.3) is 0 Å². The van der Waals surface area contributed by atoms with E-state index in [-0.39, 0.29) is 11.6 Å². The first-order valence-corrected chi connectivity index (χ1v) is 10.7. The second-order valence-electron chi connectivity index (χ2n) is 5.90. The van der Waals surface area contributed by atoms with E-state index in [4.69, 9.17) is 11.6 Å². The lowest BCUT2D eigenvalue weighted by molar-refractivity contribution is 0.474. The van der Waals surface area contributed by atoms with E-state index in [1.54, 1.807) is 41.2 Å². The Hall–Kier alpha value is -1.90. The summed E-state index contributed by atoms with van der Waals surface area (Å²) in [7, 11) is 0. The van der Waals surface area contributed by atoms with Gasteiger partial charge < -0.3 is 5.11 Å². The van der Waals surface area contributed by atoms with Crippen LogP contribution >= 0.6 is 39.3 Å². The predicted octanol–water partition coefficient (Wildman–Crippen LogP) is 5.67. The first-order chi connectivity index (χ1) is 13.5. The van der Waals surface area contributed by atoms with E-state index in [9.17, 15) is 9.50 Å². The lowest BCUT2D eigenvalue weighted by Crippen LogP contribution is -2.01. The van der Waals surface area contributed by atoms with Crippen LogP contribution in [-0.2, 0) is 12.2 Å². The molecule has 28 heavy (non-hydrogen) atoms. The summed E-state index contributed by atoms with van der Waals surface area (Å²) in [6.07, 6.45) is 3.11. The molecule has 0 amide bonds. The average molecular weight is 484 g/mol. The number of hydrogen-bond donors (Lipinski definition) is 1. The molecule has 0 radical (unpaired) electrons. The number of phenols is 1. The van der Waals surface area contributed by atoms with Crippen LogP contribution in [0.1, 0.15) is 30.3 Å². The van der Waals surface area contributed by atoms with Crippen LogP contribution in [0.5, 0.6) is 5.75 Å². The third kappa shape index (κ3) is 4.92. The van der Waals surface area contributed by atoms with Gasteiger partial charge in [-0.15, -0.1) is 10.2 Å². The standard InChI is InChI=1S/C19H17BrClFN4OS/c1-2-4-18-24-25-19(28-11-14-15(21)5-3-6-16(14)22)26(18)23-10-12-9-13(20)7-8-17(12)27/h3,5-10,27H,2,4,11H2,1H3. The Morgan fingerprint density at radius 1 is 1.32 bits per heavy atom. The van der Waals surface area contributed by atoms with Gasteiger partial charge in [0.2, 0.25) is 5.16 Å². The second kappa shape index (κ2) is 9.54. The molecular formula is C19H17BrClFN4OS. The van der Waals surface area contributed by atoms with E-state index < -0.39 is 0 Å². The van der Waals surface area contributed by atoms with Crippen molar-refractivity contribution in [3.05, 3.63) is 68.7 Å². The Labute approximate surface area is 179 Å². The fraction of sp³-hybridized carbons (Fsp3) is 0.211. The largest absolute Gasteiger partial charge is 0.507 e. The van der Waals surface area contributed by atoms with Crippen molar-refractivity contribution in [1.82, 2.24) is 14.9 Å². The lowest BCUT2D eigenvalue weighted by atomic mass is 10.2. The fourth-order valence-corrected chi connectivity index (χ4v) is 4.06. The van der Waals surface area contributed by atoms with Crippen molar-refractivity contribution in [2.75, 3.05) is 0 Å². The minimum absolute atomic E-state index is 0.115. The number of hydrogen-bond acceptors (Lipinski definition) is 5. The number of aromatic hydroxyl groups is 1. The third-order valence-electron chi connectivity index (χ3n) is 3.86. The maximum absolute atomic E-state index is 14.0. The number of nitrogens with zero attached hydrogens (tertiary/aromatic N) is 4. The Morgan fingerprint density at radius 2 is 2.14 bits per heavy atom. The normalized spacial score (nSPS) is 11.4. The zero-order valence-corrected chi connectivity index (χ0v) is 18.1. The van der Waals surface area contributed by atoms with Crippen molar-refractivity contribution >= 4 is 45.5 Å². The molecule has 2 aromatic carbocycles. The van der Waals surface area contributed by atoms with Crippen LogP contribution in [0.3, 0.4) is 0 Å². The molecule has 0 fully saturated rings. The molecule has 3 rings (SSSR count). The highest BCUT2D eigenvalue weighted by Gasteiger charge is 2.14. The van der Waals surface area contributed by atoms with Crippen LogP contribution < -0.4 is 0 Å². The molecule has 0 bridgehead atoms. The van der Waals surface area contributed by atoms with Gasteiger partial charge in [-0.1, -0.05) is 52.3 Å². The van der Waals surface area contributed by atoms with Gasteiger partial charge in [0.25, 0.3) is 0 Å². The number of aromatic nitrogens is 3. The predicted molar refractivity (Wildman–Crippen MR) is 114 cm³/mol. The molecule has 0 spiro atoms. The molecule has 0 saturated carbocycles. The van der Waals surface area contributed by atoms with E-state index in [1.165, 1.54) is 17.8 Å². The molecule has 1 aromatic heterocycles.